The van der Waals surface area contributed by atoms with E-state index in [4.69, 9.17) is 9.47 Å². The maximum absolute atomic E-state index is 14.6. The number of hydrogen-bond donors (Lipinski definition) is 2. The molecule has 1 aromatic carbocycles. The molecule has 152 valence electrons. The maximum Gasteiger partial charge on any atom is 0.191 e. The summed E-state index contributed by atoms with van der Waals surface area (Å²) >= 11 is 1.44. The lowest BCUT2D eigenvalue weighted by Crippen LogP contribution is -2.18. The van der Waals surface area contributed by atoms with E-state index in [0.29, 0.717) is 17.0 Å². The molecule has 0 saturated heterocycles. The van der Waals surface area contributed by atoms with Gasteiger partial charge in [-0.3, -0.25) is 0 Å². The Kier molecular flexibility index (Phi) is 6.77. The molecule has 28 heavy (non-hydrogen) atoms. The summed E-state index contributed by atoms with van der Waals surface area (Å²) in [6.45, 7) is 0.147. The number of nitrogens with one attached hydrogen (secondary N) is 2. The van der Waals surface area contributed by atoms with Crippen molar-refractivity contribution in [2.75, 3.05) is 31.1 Å². The van der Waals surface area contributed by atoms with Crippen LogP contribution < -0.4 is 20.1 Å². The second kappa shape index (κ2) is 9.27. The number of hydrogen-bond acceptors (Lipinski definition) is 7. The molecule has 2 aromatic rings. The molecule has 0 bridgehead atoms. The van der Waals surface area contributed by atoms with Crippen LogP contribution in [0.4, 0.5) is 20.3 Å². The van der Waals surface area contributed by atoms with Gasteiger partial charge >= 0.3 is 0 Å². The highest BCUT2D eigenvalue weighted by Gasteiger charge is 2.21. The first-order valence-corrected chi connectivity index (χ1v) is 10.3. The average Bonchev–Trinajstić information content (AvgIpc) is 3.22. The first kappa shape index (κ1) is 20.4. The van der Waals surface area contributed by atoms with Gasteiger partial charge in [0.1, 0.15) is 11.5 Å². The van der Waals surface area contributed by atoms with Crippen LogP contribution in [0.2, 0.25) is 0 Å². The lowest BCUT2D eigenvalue weighted by molar-refractivity contribution is 0.360. The second-order valence-electron chi connectivity index (χ2n) is 6.49. The van der Waals surface area contributed by atoms with E-state index in [1.54, 1.807) is 6.20 Å². The molecule has 9 heteroatoms. The van der Waals surface area contributed by atoms with Crippen molar-refractivity contribution in [3.05, 3.63) is 29.5 Å². The molecule has 6 nitrogen and oxygen atoms in total. The summed E-state index contributed by atoms with van der Waals surface area (Å²) in [5.74, 6) is -1.13. The van der Waals surface area contributed by atoms with Crippen LogP contribution in [0.15, 0.2) is 17.4 Å². The highest BCUT2D eigenvalue weighted by atomic mass is 32.2. The van der Waals surface area contributed by atoms with Gasteiger partial charge in [-0.05, 0) is 19.1 Å². The van der Waals surface area contributed by atoms with Crippen LogP contribution in [-0.4, -0.2) is 36.5 Å². The fourth-order valence-corrected chi connectivity index (χ4v) is 3.57. The second-order valence-corrected chi connectivity index (χ2v) is 7.27. The van der Waals surface area contributed by atoms with Crippen molar-refractivity contribution >= 4 is 23.3 Å². The van der Waals surface area contributed by atoms with Crippen LogP contribution in [0.5, 0.6) is 11.5 Å². The summed E-state index contributed by atoms with van der Waals surface area (Å²) in [7, 11) is 2.64. The van der Waals surface area contributed by atoms with Crippen molar-refractivity contribution in [1.29, 1.82) is 0 Å². The van der Waals surface area contributed by atoms with Gasteiger partial charge < -0.3 is 20.1 Å². The van der Waals surface area contributed by atoms with Gasteiger partial charge in [-0.1, -0.05) is 24.6 Å². The van der Waals surface area contributed by atoms with E-state index in [-0.39, 0.29) is 23.7 Å². The summed E-state index contributed by atoms with van der Waals surface area (Å²) in [4.78, 5) is 8.84. The average molecular weight is 410 g/mol. The topological polar surface area (TPSA) is 68.3 Å². The van der Waals surface area contributed by atoms with E-state index in [1.807, 2.05) is 6.26 Å². The first-order chi connectivity index (χ1) is 13.6. The van der Waals surface area contributed by atoms with Crippen LogP contribution in [0, 0.1) is 11.6 Å². The van der Waals surface area contributed by atoms with E-state index in [2.05, 4.69) is 20.6 Å². The molecule has 0 amide bonds. The van der Waals surface area contributed by atoms with Crippen molar-refractivity contribution in [2.24, 2.45) is 0 Å². The molecule has 0 aliphatic heterocycles. The summed E-state index contributed by atoms with van der Waals surface area (Å²) < 4.78 is 39.1. The molecule has 2 N–H and O–H groups in total. The number of methoxy groups -OCH3 is 2. The predicted molar refractivity (Wildman–Crippen MR) is 106 cm³/mol. The Morgan fingerprint density at radius 2 is 1.79 bits per heavy atom. The molecule has 1 aliphatic carbocycles. The lowest BCUT2D eigenvalue weighted by Gasteiger charge is -2.18. The molecule has 0 radical (unpaired) electrons. The van der Waals surface area contributed by atoms with Crippen molar-refractivity contribution in [3.63, 3.8) is 0 Å². The van der Waals surface area contributed by atoms with Crippen LogP contribution in [0.3, 0.4) is 0 Å². The van der Waals surface area contributed by atoms with Crippen molar-refractivity contribution < 1.29 is 18.3 Å². The van der Waals surface area contributed by atoms with Crippen molar-refractivity contribution in [2.45, 2.75) is 43.4 Å². The SMILES string of the molecule is COc1cc(OC)c(F)c(NCc2cnc(SC)nc2NC2CCCC2)c1F. The molecule has 1 heterocycles. The summed E-state index contributed by atoms with van der Waals surface area (Å²) in [5, 5.41) is 6.91. The third-order valence-electron chi connectivity index (χ3n) is 4.75. The molecular formula is C19H24F2N4O2S. The van der Waals surface area contributed by atoms with Gasteiger partial charge in [0.25, 0.3) is 0 Å². The van der Waals surface area contributed by atoms with Gasteiger partial charge in [-0.2, -0.15) is 0 Å². The third-order valence-corrected chi connectivity index (χ3v) is 5.31. The summed E-state index contributed by atoms with van der Waals surface area (Å²) in [5.41, 5.74) is 0.419. The van der Waals surface area contributed by atoms with Crippen LogP contribution in [0.25, 0.3) is 0 Å². The van der Waals surface area contributed by atoms with Gasteiger partial charge in [0, 0.05) is 30.4 Å². The first-order valence-electron chi connectivity index (χ1n) is 9.07. The summed E-state index contributed by atoms with van der Waals surface area (Å²) in [6.07, 6.45) is 8.12. The van der Waals surface area contributed by atoms with Gasteiger partial charge in [0.15, 0.2) is 28.3 Å². The maximum atomic E-state index is 14.6. The number of nitrogens with zero attached hydrogens (tertiary/aromatic N) is 2. The van der Waals surface area contributed by atoms with E-state index in [0.717, 1.165) is 18.4 Å². The van der Waals surface area contributed by atoms with E-state index in [1.165, 1.54) is 44.9 Å². The Balaban J connectivity index is 1.86. The lowest BCUT2D eigenvalue weighted by atomic mass is 10.2. The minimum Gasteiger partial charge on any atom is -0.493 e. The Labute approximate surface area is 167 Å². The zero-order valence-electron chi connectivity index (χ0n) is 16.1. The molecule has 1 aliphatic rings. The van der Waals surface area contributed by atoms with Crippen LogP contribution in [-0.2, 0) is 6.54 Å². The smallest absolute Gasteiger partial charge is 0.191 e. The minimum atomic E-state index is -0.812. The van der Waals surface area contributed by atoms with Gasteiger partial charge in [-0.15, -0.1) is 0 Å². The zero-order chi connectivity index (χ0) is 20.1. The van der Waals surface area contributed by atoms with Crippen LogP contribution in [0.1, 0.15) is 31.2 Å². The fourth-order valence-electron chi connectivity index (χ4n) is 3.23. The number of aromatic nitrogens is 2. The molecule has 0 unspecified atom stereocenters. The molecular weight excluding hydrogens is 386 g/mol. The van der Waals surface area contributed by atoms with Crippen LogP contribution >= 0.6 is 11.8 Å². The molecule has 1 saturated carbocycles. The van der Waals surface area contributed by atoms with Gasteiger partial charge in [0.05, 0.1) is 14.2 Å². The number of rotatable bonds is 8. The zero-order valence-corrected chi connectivity index (χ0v) is 17.0. The number of halogens is 2. The summed E-state index contributed by atoms with van der Waals surface area (Å²) in [6, 6.07) is 1.54. The molecule has 1 fully saturated rings. The van der Waals surface area contributed by atoms with Crippen molar-refractivity contribution in [3.8, 4) is 11.5 Å². The predicted octanol–water partition coefficient (Wildman–Crippen LogP) is 4.46. The molecule has 0 spiro atoms. The molecule has 3 rings (SSSR count). The highest BCUT2D eigenvalue weighted by molar-refractivity contribution is 7.98. The Hall–Kier alpha value is -2.29. The number of ether oxygens (including phenoxy) is 2. The largest absolute Gasteiger partial charge is 0.493 e. The number of thioether (sulfide) groups is 1. The minimum absolute atomic E-state index is 0.0981. The van der Waals surface area contributed by atoms with E-state index < -0.39 is 11.6 Å². The number of benzene rings is 1. The Morgan fingerprint density at radius 3 is 2.36 bits per heavy atom. The van der Waals surface area contributed by atoms with Crippen molar-refractivity contribution in [1.82, 2.24) is 9.97 Å². The highest BCUT2D eigenvalue weighted by Crippen LogP contribution is 2.35. The monoisotopic (exact) mass is 410 g/mol. The van der Waals surface area contributed by atoms with E-state index >= 15 is 0 Å². The third kappa shape index (κ3) is 4.40. The Morgan fingerprint density at radius 1 is 1.14 bits per heavy atom. The molecule has 0 atom stereocenters. The Bertz CT molecular complexity index is 804. The van der Waals surface area contributed by atoms with Gasteiger partial charge in [0.2, 0.25) is 0 Å². The fraction of sp³-hybridized carbons (Fsp3) is 0.474. The standard InChI is InChI=1S/C19H24F2N4O2S/c1-26-13-8-14(27-2)16(21)17(15(13)20)22-9-11-10-23-19(28-3)25-18(11)24-12-6-4-5-7-12/h8,10,12,22H,4-7,9H2,1-3H3,(H,23,24,25). The van der Waals surface area contributed by atoms with E-state index in [9.17, 15) is 8.78 Å². The van der Waals surface area contributed by atoms with Gasteiger partial charge in [-0.25, -0.2) is 18.7 Å². The molecule has 1 aromatic heterocycles. The normalized spacial score (nSPS) is 14.2. The number of anilines is 2. The quantitative estimate of drug-likeness (QED) is 0.492.